The highest BCUT2D eigenvalue weighted by atomic mass is 16.5. The molecule has 0 N–H and O–H groups in total. The zero-order chi connectivity index (χ0) is 13.0. The molecule has 3 heteroatoms. The van der Waals surface area contributed by atoms with Crippen molar-refractivity contribution in [3.05, 3.63) is 35.9 Å². The van der Waals surface area contributed by atoms with Crippen molar-refractivity contribution in [2.45, 2.75) is 33.0 Å². The molecule has 3 nitrogen and oxygen atoms in total. The third-order valence-electron chi connectivity index (χ3n) is 3.43. The number of ether oxygens (including phenoxy) is 1. The van der Waals surface area contributed by atoms with Gasteiger partial charge in [-0.3, -0.25) is 4.79 Å². The average Bonchev–Trinajstić information content (AvgIpc) is 3.18. The lowest BCUT2D eigenvalue weighted by atomic mass is 10.2. The second kappa shape index (κ2) is 6.01. The number of carbonyl (C=O) groups excluding carboxylic acids is 1. The molecule has 0 unspecified atom stereocenters. The van der Waals surface area contributed by atoms with E-state index in [0.29, 0.717) is 6.61 Å². The SMILES string of the molecule is CCN(CC)C(=O)[C@@H]1C[C@H]1OCc1ccccc1. The first kappa shape index (κ1) is 13.1. The Balaban J connectivity index is 1.76. The van der Waals surface area contributed by atoms with Gasteiger partial charge in [-0.05, 0) is 25.8 Å². The zero-order valence-electron chi connectivity index (χ0n) is 11.1. The summed E-state index contributed by atoms with van der Waals surface area (Å²) in [6, 6.07) is 10.1. The van der Waals surface area contributed by atoms with Crippen LogP contribution in [0.15, 0.2) is 30.3 Å². The van der Waals surface area contributed by atoms with Crippen molar-refractivity contribution in [3.63, 3.8) is 0 Å². The third kappa shape index (κ3) is 3.10. The predicted molar refractivity (Wildman–Crippen MR) is 71.1 cm³/mol. The Morgan fingerprint density at radius 3 is 2.56 bits per heavy atom. The number of hydrogen-bond acceptors (Lipinski definition) is 2. The Labute approximate surface area is 109 Å². The molecule has 2 atom stereocenters. The highest BCUT2D eigenvalue weighted by molar-refractivity contribution is 5.82. The highest BCUT2D eigenvalue weighted by Crippen LogP contribution is 2.36. The normalized spacial score (nSPS) is 21.7. The zero-order valence-corrected chi connectivity index (χ0v) is 11.1. The minimum Gasteiger partial charge on any atom is -0.373 e. The van der Waals surface area contributed by atoms with Crippen LogP contribution < -0.4 is 0 Å². The lowest BCUT2D eigenvalue weighted by Gasteiger charge is -2.18. The van der Waals surface area contributed by atoms with Gasteiger partial charge in [0.25, 0.3) is 0 Å². The van der Waals surface area contributed by atoms with E-state index in [1.807, 2.05) is 49.1 Å². The first-order chi connectivity index (χ1) is 8.76. The van der Waals surface area contributed by atoms with E-state index in [9.17, 15) is 4.79 Å². The first-order valence-electron chi connectivity index (χ1n) is 6.70. The van der Waals surface area contributed by atoms with E-state index < -0.39 is 0 Å². The van der Waals surface area contributed by atoms with Crippen molar-refractivity contribution in [1.82, 2.24) is 4.90 Å². The quantitative estimate of drug-likeness (QED) is 0.773. The molecule has 2 rings (SSSR count). The van der Waals surface area contributed by atoms with Gasteiger partial charge >= 0.3 is 0 Å². The molecular formula is C15H21NO2. The molecule has 1 aliphatic rings. The van der Waals surface area contributed by atoms with Crippen LogP contribution in [-0.2, 0) is 16.1 Å². The van der Waals surface area contributed by atoms with Crippen molar-refractivity contribution in [3.8, 4) is 0 Å². The molecule has 0 aliphatic heterocycles. The average molecular weight is 247 g/mol. The van der Waals surface area contributed by atoms with Gasteiger partial charge in [-0.2, -0.15) is 0 Å². The van der Waals surface area contributed by atoms with E-state index in [1.165, 1.54) is 5.56 Å². The van der Waals surface area contributed by atoms with E-state index in [0.717, 1.165) is 19.5 Å². The van der Waals surface area contributed by atoms with Crippen LogP contribution in [0.25, 0.3) is 0 Å². The van der Waals surface area contributed by atoms with Gasteiger partial charge in [-0.15, -0.1) is 0 Å². The Kier molecular flexibility index (Phi) is 4.37. The van der Waals surface area contributed by atoms with Crippen molar-refractivity contribution >= 4 is 5.91 Å². The summed E-state index contributed by atoms with van der Waals surface area (Å²) in [4.78, 5) is 13.9. The summed E-state index contributed by atoms with van der Waals surface area (Å²) in [7, 11) is 0. The Hall–Kier alpha value is -1.35. The maximum atomic E-state index is 12.0. The fourth-order valence-electron chi connectivity index (χ4n) is 2.16. The van der Waals surface area contributed by atoms with E-state index >= 15 is 0 Å². The van der Waals surface area contributed by atoms with E-state index in [-0.39, 0.29) is 17.9 Å². The molecule has 0 bridgehead atoms. The molecule has 1 saturated carbocycles. The minimum atomic E-state index is 0.0913. The molecule has 1 aromatic rings. The number of amides is 1. The molecule has 0 radical (unpaired) electrons. The molecule has 0 saturated heterocycles. The van der Waals surface area contributed by atoms with Crippen molar-refractivity contribution in [2.24, 2.45) is 5.92 Å². The van der Waals surface area contributed by atoms with Gasteiger partial charge in [0.15, 0.2) is 0 Å². The number of hydrogen-bond donors (Lipinski definition) is 0. The van der Waals surface area contributed by atoms with Crippen LogP contribution in [0.1, 0.15) is 25.8 Å². The van der Waals surface area contributed by atoms with Crippen LogP contribution in [0.5, 0.6) is 0 Å². The van der Waals surface area contributed by atoms with Gasteiger partial charge in [0, 0.05) is 13.1 Å². The fourth-order valence-corrected chi connectivity index (χ4v) is 2.16. The first-order valence-corrected chi connectivity index (χ1v) is 6.70. The van der Waals surface area contributed by atoms with Crippen molar-refractivity contribution < 1.29 is 9.53 Å². The minimum absolute atomic E-state index is 0.0913. The summed E-state index contributed by atoms with van der Waals surface area (Å²) in [5, 5.41) is 0. The van der Waals surface area contributed by atoms with E-state index in [1.54, 1.807) is 0 Å². The Morgan fingerprint density at radius 2 is 1.94 bits per heavy atom. The summed E-state index contributed by atoms with van der Waals surface area (Å²) >= 11 is 0. The van der Waals surface area contributed by atoms with Crippen LogP contribution in [-0.4, -0.2) is 30.0 Å². The Bertz CT molecular complexity index is 387. The number of carbonyl (C=O) groups is 1. The number of benzene rings is 1. The maximum absolute atomic E-state index is 12.0. The van der Waals surface area contributed by atoms with Crippen LogP contribution >= 0.6 is 0 Å². The predicted octanol–water partition coefficient (Wildman–Crippen LogP) is 2.46. The Morgan fingerprint density at radius 1 is 1.28 bits per heavy atom. The smallest absolute Gasteiger partial charge is 0.228 e. The third-order valence-corrected chi connectivity index (χ3v) is 3.43. The van der Waals surface area contributed by atoms with Gasteiger partial charge in [-0.1, -0.05) is 30.3 Å². The van der Waals surface area contributed by atoms with Crippen LogP contribution in [0.2, 0.25) is 0 Å². The highest BCUT2D eigenvalue weighted by Gasteiger charge is 2.45. The van der Waals surface area contributed by atoms with E-state index in [2.05, 4.69) is 0 Å². The van der Waals surface area contributed by atoms with E-state index in [4.69, 9.17) is 4.74 Å². The summed E-state index contributed by atoms with van der Waals surface area (Å²) in [5.41, 5.74) is 1.17. The summed E-state index contributed by atoms with van der Waals surface area (Å²) in [6.07, 6.45) is 1.00. The van der Waals surface area contributed by atoms with Gasteiger partial charge in [0.05, 0.1) is 18.6 Å². The standard InChI is InChI=1S/C15H21NO2/c1-3-16(4-2)15(17)13-10-14(13)18-11-12-8-6-5-7-9-12/h5-9,13-14H,3-4,10-11H2,1-2H3/t13-,14-/m1/s1. The molecule has 18 heavy (non-hydrogen) atoms. The summed E-state index contributed by atoms with van der Waals surface area (Å²) in [5.74, 6) is 0.340. The molecule has 0 aromatic heterocycles. The second-order valence-electron chi connectivity index (χ2n) is 4.69. The topological polar surface area (TPSA) is 29.5 Å². The largest absolute Gasteiger partial charge is 0.373 e. The van der Waals surface area contributed by atoms with Crippen LogP contribution in [0.4, 0.5) is 0 Å². The molecule has 0 heterocycles. The van der Waals surface area contributed by atoms with Crippen molar-refractivity contribution in [1.29, 1.82) is 0 Å². The van der Waals surface area contributed by atoms with Crippen LogP contribution in [0, 0.1) is 5.92 Å². The molecule has 1 aromatic carbocycles. The fraction of sp³-hybridized carbons (Fsp3) is 0.533. The summed E-state index contributed by atoms with van der Waals surface area (Å²) < 4.78 is 5.76. The number of nitrogens with zero attached hydrogens (tertiary/aromatic N) is 1. The van der Waals surface area contributed by atoms with Gasteiger partial charge < -0.3 is 9.64 Å². The molecule has 98 valence electrons. The molecular weight excluding hydrogens is 226 g/mol. The van der Waals surface area contributed by atoms with Gasteiger partial charge in [-0.25, -0.2) is 0 Å². The molecule has 1 amide bonds. The summed E-state index contributed by atoms with van der Waals surface area (Å²) in [6.45, 7) is 6.22. The monoisotopic (exact) mass is 247 g/mol. The second-order valence-corrected chi connectivity index (χ2v) is 4.69. The van der Waals surface area contributed by atoms with Crippen molar-refractivity contribution in [2.75, 3.05) is 13.1 Å². The molecule has 1 fully saturated rings. The molecule has 0 spiro atoms. The maximum Gasteiger partial charge on any atom is 0.228 e. The molecule has 1 aliphatic carbocycles. The van der Waals surface area contributed by atoms with Crippen LogP contribution in [0.3, 0.4) is 0 Å². The lowest BCUT2D eigenvalue weighted by Crippen LogP contribution is -2.32. The number of rotatable bonds is 6. The van der Waals surface area contributed by atoms with Gasteiger partial charge in [0.2, 0.25) is 5.91 Å². The van der Waals surface area contributed by atoms with Gasteiger partial charge in [0.1, 0.15) is 0 Å². The lowest BCUT2D eigenvalue weighted by molar-refractivity contribution is -0.133.